The number of hydrogen-bond acceptors (Lipinski definition) is 3. The van der Waals surface area contributed by atoms with Gasteiger partial charge in [0.1, 0.15) is 0 Å². The van der Waals surface area contributed by atoms with Crippen molar-refractivity contribution in [3.63, 3.8) is 0 Å². The molecule has 0 unspecified atom stereocenters. The molecule has 0 aromatic heterocycles. The Hall–Kier alpha value is -0.120. The van der Waals surface area contributed by atoms with Crippen LogP contribution < -0.4 is 0 Å². The van der Waals surface area contributed by atoms with Crippen LogP contribution in [0.25, 0.3) is 0 Å². The maximum absolute atomic E-state index is 9.61. The zero-order chi connectivity index (χ0) is 12.9. The second-order valence-electron chi connectivity index (χ2n) is 5.84. The molecule has 3 heteroatoms. The SMILES string of the molecule is CCC(CC)(CO)CN1CCC(N(C)C)CC1. The van der Waals surface area contributed by atoms with E-state index in [2.05, 4.69) is 37.7 Å². The maximum atomic E-state index is 9.61. The fraction of sp³-hybridized carbons (Fsp3) is 1.00. The van der Waals surface area contributed by atoms with Gasteiger partial charge in [0.25, 0.3) is 0 Å². The summed E-state index contributed by atoms with van der Waals surface area (Å²) in [5, 5.41) is 9.61. The number of likely N-dealkylation sites (tertiary alicyclic amines) is 1. The molecule has 1 aliphatic rings. The Kier molecular flexibility index (Phi) is 5.90. The molecule has 17 heavy (non-hydrogen) atoms. The first-order valence-electron chi connectivity index (χ1n) is 7.06. The molecule has 0 amide bonds. The smallest absolute Gasteiger partial charge is 0.0499 e. The third kappa shape index (κ3) is 3.94. The zero-order valence-corrected chi connectivity index (χ0v) is 12.1. The highest BCUT2D eigenvalue weighted by atomic mass is 16.3. The molecule has 3 nitrogen and oxygen atoms in total. The predicted molar refractivity (Wildman–Crippen MR) is 73.2 cm³/mol. The van der Waals surface area contributed by atoms with E-state index in [0.717, 1.165) is 25.4 Å². The van der Waals surface area contributed by atoms with Gasteiger partial charge >= 0.3 is 0 Å². The molecule has 1 aliphatic heterocycles. The third-order valence-electron chi connectivity index (χ3n) is 4.68. The molecule has 1 saturated heterocycles. The summed E-state index contributed by atoms with van der Waals surface area (Å²) in [6, 6.07) is 0.748. The Labute approximate surface area is 107 Å². The van der Waals surface area contributed by atoms with Crippen molar-refractivity contribution in [2.45, 2.75) is 45.6 Å². The Morgan fingerprint density at radius 3 is 2.06 bits per heavy atom. The summed E-state index contributed by atoms with van der Waals surface area (Å²) in [4.78, 5) is 4.89. The number of aliphatic hydroxyl groups excluding tert-OH is 1. The highest BCUT2D eigenvalue weighted by Gasteiger charge is 2.30. The summed E-state index contributed by atoms with van der Waals surface area (Å²) in [6.45, 7) is 8.16. The average Bonchev–Trinajstić information content (AvgIpc) is 2.37. The molecule has 0 radical (unpaired) electrons. The molecule has 0 atom stereocenters. The Morgan fingerprint density at radius 1 is 1.18 bits per heavy atom. The van der Waals surface area contributed by atoms with Crippen LogP contribution in [-0.4, -0.2) is 61.3 Å². The second-order valence-corrected chi connectivity index (χ2v) is 5.84. The van der Waals surface area contributed by atoms with Crippen molar-refractivity contribution in [2.75, 3.05) is 40.3 Å². The van der Waals surface area contributed by atoms with Crippen molar-refractivity contribution in [1.29, 1.82) is 0 Å². The molecule has 0 bridgehead atoms. The Balaban J connectivity index is 2.44. The van der Waals surface area contributed by atoms with Crippen molar-refractivity contribution in [3.8, 4) is 0 Å². The fourth-order valence-corrected chi connectivity index (χ4v) is 2.82. The molecule has 0 aromatic carbocycles. The van der Waals surface area contributed by atoms with Gasteiger partial charge in [-0.3, -0.25) is 0 Å². The van der Waals surface area contributed by atoms with Crippen LogP contribution in [0.1, 0.15) is 39.5 Å². The molecule has 0 aliphatic carbocycles. The first kappa shape index (κ1) is 14.9. The summed E-state index contributed by atoms with van der Waals surface area (Å²) in [5.74, 6) is 0. The highest BCUT2D eigenvalue weighted by Crippen LogP contribution is 2.28. The van der Waals surface area contributed by atoms with E-state index in [-0.39, 0.29) is 5.41 Å². The van der Waals surface area contributed by atoms with Gasteiger partial charge in [0.05, 0.1) is 0 Å². The van der Waals surface area contributed by atoms with E-state index in [0.29, 0.717) is 6.61 Å². The third-order valence-corrected chi connectivity index (χ3v) is 4.68. The highest BCUT2D eigenvalue weighted by molar-refractivity contribution is 4.84. The Bertz CT molecular complexity index is 198. The topological polar surface area (TPSA) is 26.7 Å². The van der Waals surface area contributed by atoms with E-state index < -0.39 is 0 Å². The molecule has 1 heterocycles. The molecule has 102 valence electrons. The first-order chi connectivity index (χ1) is 8.06. The van der Waals surface area contributed by atoms with Gasteiger partial charge in [-0.1, -0.05) is 13.8 Å². The normalized spacial score (nSPS) is 20.1. The summed E-state index contributed by atoms with van der Waals surface area (Å²) < 4.78 is 0. The van der Waals surface area contributed by atoms with Crippen molar-refractivity contribution in [2.24, 2.45) is 5.41 Å². The molecule has 0 saturated carbocycles. The van der Waals surface area contributed by atoms with Crippen LogP contribution in [0.2, 0.25) is 0 Å². The van der Waals surface area contributed by atoms with Crippen LogP contribution in [0.5, 0.6) is 0 Å². The largest absolute Gasteiger partial charge is 0.396 e. The van der Waals surface area contributed by atoms with Gasteiger partial charge in [0.15, 0.2) is 0 Å². The molecule has 0 spiro atoms. The monoisotopic (exact) mass is 242 g/mol. The summed E-state index contributed by atoms with van der Waals surface area (Å²) in [6.07, 6.45) is 4.69. The van der Waals surface area contributed by atoms with E-state index in [9.17, 15) is 5.11 Å². The van der Waals surface area contributed by atoms with Crippen molar-refractivity contribution in [3.05, 3.63) is 0 Å². The lowest BCUT2D eigenvalue weighted by molar-refractivity contribution is 0.0455. The first-order valence-corrected chi connectivity index (χ1v) is 7.06. The van der Waals surface area contributed by atoms with Crippen LogP contribution in [0, 0.1) is 5.41 Å². The maximum Gasteiger partial charge on any atom is 0.0499 e. The lowest BCUT2D eigenvalue weighted by Gasteiger charge is -2.40. The van der Waals surface area contributed by atoms with E-state index in [1.165, 1.54) is 25.9 Å². The number of aliphatic hydroxyl groups is 1. The lowest BCUT2D eigenvalue weighted by atomic mass is 9.82. The molecule has 1 rings (SSSR count). The second kappa shape index (κ2) is 6.72. The minimum absolute atomic E-state index is 0.130. The van der Waals surface area contributed by atoms with Gasteiger partial charge in [0.2, 0.25) is 0 Å². The summed E-state index contributed by atoms with van der Waals surface area (Å²) >= 11 is 0. The van der Waals surface area contributed by atoms with Crippen molar-refractivity contribution in [1.82, 2.24) is 9.80 Å². The average molecular weight is 242 g/mol. The molecule has 1 N–H and O–H groups in total. The summed E-state index contributed by atoms with van der Waals surface area (Å²) in [5.41, 5.74) is 0.130. The van der Waals surface area contributed by atoms with Gasteiger partial charge < -0.3 is 14.9 Å². The molecule has 0 aromatic rings. The van der Waals surface area contributed by atoms with Gasteiger partial charge in [-0.2, -0.15) is 0 Å². The minimum atomic E-state index is 0.130. The van der Waals surface area contributed by atoms with Crippen LogP contribution in [-0.2, 0) is 0 Å². The van der Waals surface area contributed by atoms with Crippen LogP contribution in [0.3, 0.4) is 0 Å². The Morgan fingerprint density at radius 2 is 1.71 bits per heavy atom. The van der Waals surface area contributed by atoms with Gasteiger partial charge in [-0.15, -0.1) is 0 Å². The zero-order valence-electron chi connectivity index (χ0n) is 12.1. The van der Waals surface area contributed by atoms with Crippen LogP contribution in [0.4, 0.5) is 0 Å². The van der Waals surface area contributed by atoms with Crippen molar-refractivity contribution < 1.29 is 5.11 Å². The van der Waals surface area contributed by atoms with Crippen LogP contribution in [0.15, 0.2) is 0 Å². The number of piperidine rings is 1. The van der Waals surface area contributed by atoms with E-state index in [4.69, 9.17) is 0 Å². The van der Waals surface area contributed by atoms with Crippen molar-refractivity contribution >= 4 is 0 Å². The minimum Gasteiger partial charge on any atom is -0.396 e. The van der Waals surface area contributed by atoms with Gasteiger partial charge in [0, 0.05) is 24.6 Å². The molecular weight excluding hydrogens is 212 g/mol. The quantitative estimate of drug-likeness (QED) is 0.769. The number of hydrogen-bond donors (Lipinski definition) is 1. The van der Waals surface area contributed by atoms with E-state index in [1.807, 2.05) is 0 Å². The molecular formula is C14H30N2O. The fourth-order valence-electron chi connectivity index (χ4n) is 2.82. The lowest BCUT2D eigenvalue weighted by Crippen LogP contribution is -2.47. The van der Waals surface area contributed by atoms with Gasteiger partial charge in [-0.25, -0.2) is 0 Å². The number of nitrogens with zero attached hydrogens (tertiary/aromatic N) is 2. The van der Waals surface area contributed by atoms with Crippen LogP contribution >= 0.6 is 0 Å². The summed E-state index contributed by atoms with van der Waals surface area (Å²) in [7, 11) is 4.35. The molecule has 1 fully saturated rings. The van der Waals surface area contributed by atoms with Gasteiger partial charge in [-0.05, 0) is 52.9 Å². The van der Waals surface area contributed by atoms with E-state index in [1.54, 1.807) is 0 Å². The number of rotatable bonds is 6. The predicted octanol–water partition coefficient (Wildman–Crippen LogP) is 1.81. The standard InChI is InChI=1S/C14H30N2O/c1-5-14(6-2,12-17)11-16-9-7-13(8-10-16)15(3)4/h13,17H,5-12H2,1-4H3. The van der Waals surface area contributed by atoms with E-state index >= 15 is 0 Å².